The third-order valence-electron chi connectivity index (χ3n) is 1.42. The third kappa shape index (κ3) is 1.51. The van der Waals surface area contributed by atoms with Gasteiger partial charge >= 0.3 is 17.8 Å². The van der Waals surface area contributed by atoms with E-state index in [1.165, 1.54) is 0 Å². The highest BCUT2D eigenvalue weighted by Gasteiger charge is 2.13. The van der Waals surface area contributed by atoms with Crippen molar-refractivity contribution >= 4 is 18.2 Å². The second-order valence-electron chi connectivity index (χ2n) is 2.70. The van der Waals surface area contributed by atoms with Crippen molar-refractivity contribution in [1.82, 2.24) is 20.4 Å². The molecule has 2 heterocycles. The molecule has 2 rings (SSSR count). The van der Waals surface area contributed by atoms with Crippen molar-refractivity contribution in [2.45, 2.75) is 0 Å². The molecule has 0 fully saturated rings. The summed E-state index contributed by atoms with van der Waals surface area (Å²) in [6, 6.07) is 0.379. The summed E-state index contributed by atoms with van der Waals surface area (Å²) in [4.78, 5) is 1.85. The van der Waals surface area contributed by atoms with Crippen molar-refractivity contribution in [3.63, 3.8) is 0 Å². The maximum atomic E-state index is 5.23. The number of hydrogen-bond acceptors (Lipinski definition) is 7. The van der Waals surface area contributed by atoms with E-state index in [-0.39, 0.29) is 16.6 Å². The minimum absolute atomic E-state index is 0.171. The summed E-state index contributed by atoms with van der Waals surface area (Å²) < 4.78 is 10.2. The lowest BCUT2D eigenvalue weighted by molar-refractivity contribution is 0.500. The van der Waals surface area contributed by atoms with Crippen LogP contribution in [-0.4, -0.2) is 34.5 Å². The standard InChI is InChI=1S/C6H7N5O2S/c1-11(2)5-9-7-3(12-5)4-8-10-6(14)13-4/h1-2H3,(H,10,14). The van der Waals surface area contributed by atoms with Crippen LogP contribution in [0.1, 0.15) is 0 Å². The zero-order valence-corrected chi connectivity index (χ0v) is 8.33. The van der Waals surface area contributed by atoms with E-state index in [4.69, 9.17) is 21.1 Å². The Morgan fingerprint density at radius 2 is 2.00 bits per heavy atom. The Morgan fingerprint density at radius 1 is 1.21 bits per heavy atom. The molecule has 0 unspecified atom stereocenters. The van der Waals surface area contributed by atoms with Crippen LogP contribution in [0, 0.1) is 4.84 Å². The van der Waals surface area contributed by atoms with Gasteiger partial charge in [0.15, 0.2) is 0 Å². The largest absolute Gasteiger partial charge is 0.405 e. The van der Waals surface area contributed by atoms with E-state index in [9.17, 15) is 0 Å². The van der Waals surface area contributed by atoms with E-state index in [0.717, 1.165) is 0 Å². The molecule has 0 amide bonds. The zero-order chi connectivity index (χ0) is 10.1. The molecule has 7 nitrogen and oxygen atoms in total. The molecule has 0 aliphatic rings. The summed E-state index contributed by atoms with van der Waals surface area (Å²) in [6.45, 7) is 0. The topological polar surface area (TPSA) is 84.0 Å². The van der Waals surface area contributed by atoms with Crippen molar-refractivity contribution in [3.05, 3.63) is 4.84 Å². The van der Waals surface area contributed by atoms with Gasteiger partial charge in [0.25, 0.3) is 4.84 Å². The number of nitrogens with one attached hydrogen (secondary N) is 1. The second-order valence-corrected chi connectivity index (χ2v) is 3.07. The van der Waals surface area contributed by atoms with Gasteiger partial charge in [-0.15, -0.1) is 10.2 Å². The molecule has 74 valence electrons. The Kier molecular flexibility index (Phi) is 2.04. The Bertz CT molecular complexity index is 484. The lowest BCUT2D eigenvalue weighted by atomic mass is 10.7. The van der Waals surface area contributed by atoms with Gasteiger partial charge in [0.05, 0.1) is 0 Å². The van der Waals surface area contributed by atoms with Crippen LogP contribution in [0.5, 0.6) is 0 Å². The number of aromatic nitrogens is 4. The molecule has 0 aliphatic heterocycles. The zero-order valence-electron chi connectivity index (χ0n) is 7.51. The first-order valence-corrected chi connectivity index (χ1v) is 4.14. The molecular formula is C6H7N5O2S. The van der Waals surface area contributed by atoms with E-state index in [2.05, 4.69) is 20.4 Å². The molecule has 0 bridgehead atoms. The molecule has 8 heteroatoms. The molecule has 0 saturated carbocycles. The number of H-pyrrole nitrogens is 1. The number of nitrogens with zero attached hydrogens (tertiary/aromatic N) is 4. The smallest absolute Gasteiger partial charge is 0.318 e. The highest BCUT2D eigenvalue weighted by atomic mass is 32.1. The molecule has 0 saturated heterocycles. The van der Waals surface area contributed by atoms with Gasteiger partial charge in [0, 0.05) is 14.1 Å². The van der Waals surface area contributed by atoms with Crippen LogP contribution in [0.2, 0.25) is 0 Å². The fraction of sp³-hybridized carbons (Fsp3) is 0.333. The van der Waals surface area contributed by atoms with E-state index < -0.39 is 0 Å². The van der Waals surface area contributed by atoms with Crippen LogP contribution in [0.15, 0.2) is 8.83 Å². The highest BCUT2D eigenvalue weighted by molar-refractivity contribution is 7.71. The number of aromatic amines is 1. The summed E-state index contributed by atoms with van der Waals surface area (Å²) in [6.07, 6.45) is 0. The van der Waals surface area contributed by atoms with Gasteiger partial charge in [-0.3, -0.25) is 0 Å². The maximum Gasteiger partial charge on any atom is 0.318 e. The van der Waals surface area contributed by atoms with Gasteiger partial charge < -0.3 is 13.7 Å². The van der Waals surface area contributed by atoms with Crippen molar-refractivity contribution in [2.75, 3.05) is 19.0 Å². The normalized spacial score (nSPS) is 10.4. The molecular weight excluding hydrogens is 206 g/mol. The number of hydrogen-bond donors (Lipinski definition) is 1. The van der Waals surface area contributed by atoms with Crippen LogP contribution >= 0.6 is 12.2 Å². The summed E-state index contributed by atoms with van der Waals surface area (Å²) in [5, 5.41) is 13.7. The Hall–Kier alpha value is -1.70. The first-order chi connectivity index (χ1) is 6.66. The number of rotatable bonds is 2. The minimum Gasteiger partial charge on any atom is -0.405 e. The van der Waals surface area contributed by atoms with Crippen molar-refractivity contribution < 1.29 is 8.83 Å². The van der Waals surface area contributed by atoms with Gasteiger partial charge in [-0.25, -0.2) is 5.10 Å². The summed E-state index contributed by atoms with van der Waals surface area (Å²) >= 11 is 4.71. The quantitative estimate of drug-likeness (QED) is 0.740. The van der Waals surface area contributed by atoms with Gasteiger partial charge in [0.1, 0.15) is 0 Å². The van der Waals surface area contributed by atoms with Crippen LogP contribution in [0.4, 0.5) is 6.01 Å². The van der Waals surface area contributed by atoms with E-state index >= 15 is 0 Å². The SMILES string of the molecule is CN(C)c1nnc(-c2n[nH]c(=S)o2)o1. The van der Waals surface area contributed by atoms with E-state index in [1.54, 1.807) is 19.0 Å². The molecule has 0 aliphatic carbocycles. The van der Waals surface area contributed by atoms with Gasteiger partial charge in [-0.05, 0) is 12.2 Å². The first-order valence-electron chi connectivity index (χ1n) is 3.73. The Balaban J connectivity index is 2.38. The third-order valence-corrected chi connectivity index (χ3v) is 1.59. The Morgan fingerprint density at radius 3 is 2.50 bits per heavy atom. The van der Waals surface area contributed by atoms with Crippen molar-refractivity contribution in [2.24, 2.45) is 0 Å². The molecule has 2 aromatic rings. The molecule has 2 aromatic heterocycles. The van der Waals surface area contributed by atoms with Crippen LogP contribution in [-0.2, 0) is 0 Å². The highest BCUT2D eigenvalue weighted by Crippen LogP contribution is 2.18. The van der Waals surface area contributed by atoms with Gasteiger partial charge in [-0.1, -0.05) is 5.10 Å². The lowest BCUT2D eigenvalue weighted by Crippen LogP contribution is -2.08. The first kappa shape index (κ1) is 8.88. The summed E-state index contributed by atoms with van der Waals surface area (Å²) in [7, 11) is 3.58. The Labute approximate surface area is 83.7 Å². The minimum atomic E-state index is 0.171. The molecule has 0 atom stereocenters. The maximum absolute atomic E-state index is 5.23. The van der Waals surface area contributed by atoms with Crippen LogP contribution < -0.4 is 4.90 Å². The van der Waals surface area contributed by atoms with Crippen LogP contribution in [0.25, 0.3) is 11.8 Å². The molecule has 0 spiro atoms. The average molecular weight is 213 g/mol. The lowest BCUT2D eigenvalue weighted by Gasteiger charge is -2.02. The fourth-order valence-electron chi connectivity index (χ4n) is 0.804. The predicted octanol–water partition coefficient (Wildman–Crippen LogP) is 0.848. The average Bonchev–Trinajstić information content (AvgIpc) is 2.70. The van der Waals surface area contributed by atoms with E-state index in [0.29, 0.717) is 6.01 Å². The predicted molar refractivity (Wildman–Crippen MR) is 49.3 cm³/mol. The van der Waals surface area contributed by atoms with Gasteiger partial charge in [0.2, 0.25) is 0 Å². The fourth-order valence-corrected chi connectivity index (χ4v) is 0.929. The number of anilines is 1. The summed E-state index contributed by atoms with van der Waals surface area (Å²) in [5.41, 5.74) is 0. The van der Waals surface area contributed by atoms with Crippen molar-refractivity contribution in [3.8, 4) is 11.8 Å². The van der Waals surface area contributed by atoms with E-state index in [1.807, 2.05) is 0 Å². The molecule has 1 N–H and O–H groups in total. The second kappa shape index (κ2) is 3.22. The molecule has 0 aromatic carbocycles. The molecule has 0 radical (unpaired) electrons. The van der Waals surface area contributed by atoms with Crippen molar-refractivity contribution in [1.29, 1.82) is 0 Å². The van der Waals surface area contributed by atoms with Crippen LogP contribution in [0.3, 0.4) is 0 Å². The molecule has 14 heavy (non-hydrogen) atoms. The monoisotopic (exact) mass is 213 g/mol. The van der Waals surface area contributed by atoms with Gasteiger partial charge in [-0.2, -0.15) is 0 Å². The summed E-state index contributed by atoms with van der Waals surface area (Å²) in [5.74, 6) is 0.386.